The van der Waals surface area contributed by atoms with Crippen LogP contribution in [-0.4, -0.2) is 34.3 Å². The third-order valence-electron chi connectivity index (χ3n) is 3.98. The van der Waals surface area contributed by atoms with Crippen LogP contribution in [0.4, 0.5) is 0 Å². The molecule has 6 nitrogen and oxygen atoms in total. The molecule has 0 spiro atoms. The van der Waals surface area contributed by atoms with Crippen LogP contribution in [0, 0.1) is 0 Å². The van der Waals surface area contributed by atoms with E-state index in [-0.39, 0.29) is 12.1 Å². The summed E-state index contributed by atoms with van der Waals surface area (Å²) >= 11 is 1.58. The summed E-state index contributed by atoms with van der Waals surface area (Å²) in [5.74, 6) is -0.550. The highest BCUT2D eigenvalue weighted by atomic mass is 32.1. The molecule has 0 unspecified atom stereocenters. The molecule has 22 heavy (non-hydrogen) atoms. The Balaban J connectivity index is 2.20. The van der Waals surface area contributed by atoms with Crippen LogP contribution in [0.15, 0.2) is 4.79 Å². The molecule has 0 bridgehead atoms. The molecular formula is C15H18N2O4S. The van der Waals surface area contributed by atoms with Crippen LogP contribution >= 0.6 is 11.3 Å². The van der Waals surface area contributed by atoms with Crippen molar-refractivity contribution in [3.05, 3.63) is 26.6 Å². The molecule has 7 heteroatoms. The number of fused-ring (bicyclic) bond motifs is 3. The second-order valence-corrected chi connectivity index (χ2v) is 6.53. The number of carbonyl (C=O) groups is 1. The lowest BCUT2D eigenvalue weighted by molar-refractivity contribution is -0.137. The highest BCUT2D eigenvalue weighted by Crippen LogP contribution is 2.33. The first-order valence-electron chi connectivity index (χ1n) is 7.36. The Kier molecular flexibility index (Phi) is 4.26. The van der Waals surface area contributed by atoms with E-state index in [2.05, 4.69) is 4.98 Å². The lowest BCUT2D eigenvalue weighted by Gasteiger charge is -2.12. The Morgan fingerprint density at radius 1 is 1.41 bits per heavy atom. The molecule has 1 aliphatic rings. The van der Waals surface area contributed by atoms with Gasteiger partial charge in [-0.3, -0.25) is 14.2 Å². The van der Waals surface area contributed by atoms with Gasteiger partial charge in [0.15, 0.2) is 0 Å². The summed E-state index contributed by atoms with van der Waals surface area (Å²) in [6, 6.07) is 0. The number of ether oxygens (including phenoxy) is 1. The van der Waals surface area contributed by atoms with E-state index in [4.69, 9.17) is 9.84 Å². The molecule has 0 saturated carbocycles. The smallest absolute Gasteiger partial charge is 0.323 e. The minimum Gasteiger partial charge on any atom is -0.480 e. The zero-order valence-corrected chi connectivity index (χ0v) is 13.2. The number of methoxy groups -OCH3 is 1. The maximum absolute atomic E-state index is 12.8. The number of carboxylic acids is 1. The van der Waals surface area contributed by atoms with Gasteiger partial charge in [0.25, 0.3) is 5.56 Å². The summed E-state index contributed by atoms with van der Waals surface area (Å²) in [5, 5.41) is 9.71. The Morgan fingerprint density at radius 3 is 2.91 bits per heavy atom. The van der Waals surface area contributed by atoms with Crippen LogP contribution in [0.5, 0.6) is 0 Å². The second-order valence-electron chi connectivity index (χ2n) is 5.45. The van der Waals surface area contributed by atoms with Gasteiger partial charge in [0.05, 0.1) is 12.0 Å². The van der Waals surface area contributed by atoms with E-state index >= 15 is 0 Å². The van der Waals surface area contributed by atoms with Crippen LogP contribution in [-0.2, 0) is 35.3 Å². The molecule has 1 aliphatic carbocycles. The summed E-state index contributed by atoms with van der Waals surface area (Å²) in [6.45, 7) is 0.0497. The molecule has 0 radical (unpaired) electrons. The van der Waals surface area contributed by atoms with E-state index in [1.165, 1.54) is 9.44 Å². The topological polar surface area (TPSA) is 81.4 Å². The summed E-state index contributed by atoms with van der Waals surface area (Å²) in [6.07, 6.45) is 4.51. The molecule has 0 atom stereocenters. The van der Waals surface area contributed by atoms with Gasteiger partial charge < -0.3 is 9.84 Å². The van der Waals surface area contributed by atoms with Crippen molar-refractivity contribution in [1.82, 2.24) is 9.55 Å². The normalized spacial score (nSPS) is 14.2. The highest BCUT2D eigenvalue weighted by Gasteiger charge is 2.22. The number of hydrogen-bond acceptors (Lipinski definition) is 5. The van der Waals surface area contributed by atoms with Crippen molar-refractivity contribution in [3.63, 3.8) is 0 Å². The Hall–Kier alpha value is -1.73. The van der Waals surface area contributed by atoms with E-state index in [1.807, 2.05) is 0 Å². The standard InChI is InChI=1S/C15H18N2O4S/c1-21-7-6-11-16-14-13(15(20)17(11)8-12(18)19)9-4-2-3-5-10(9)22-14/h2-8H2,1H3,(H,18,19). The van der Waals surface area contributed by atoms with Gasteiger partial charge in [-0.2, -0.15) is 0 Å². The fourth-order valence-electron chi connectivity index (χ4n) is 2.96. The van der Waals surface area contributed by atoms with Crippen molar-refractivity contribution in [2.75, 3.05) is 13.7 Å². The largest absolute Gasteiger partial charge is 0.480 e. The summed E-state index contributed by atoms with van der Waals surface area (Å²) in [4.78, 5) is 30.4. The molecule has 0 amide bonds. The number of carboxylic acid groups (broad SMARTS) is 1. The molecule has 2 heterocycles. The maximum Gasteiger partial charge on any atom is 0.323 e. The molecule has 0 saturated heterocycles. The summed E-state index contributed by atoms with van der Waals surface area (Å²) < 4.78 is 6.32. The maximum atomic E-state index is 12.8. The minimum atomic E-state index is -1.04. The van der Waals surface area contributed by atoms with Crippen LogP contribution < -0.4 is 5.56 Å². The number of aromatic nitrogens is 2. The lowest BCUT2D eigenvalue weighted by atomic mass is 9.97. The predicted molar refractivity (Wildman–Crippen MR) is 83.7 cm³/mol. The van der Waals surface area contributed by atoms with Gasteiger partial charge in [0.1, 0.15) is 17.2 Å². The van der Waals surface area contributed by atoms with E-state index < -0.39 is 5.97 Å². The molecule has 0 aliphatic heterocycles. The van der Waals surface area contributed by atoms with E-state index in [9.17, 15) is 9.59 Å². The number of hydrogen-bond donors (Lipinski definition) is 1. The van der Waals surface area contributed by atoms with Gasteiger partial charge in [0.2, 0.25) is 0 Å². The lowest BCUT2D eigenvalue weighted by Crippen LogP contribution is -2.29. The van der Waals surface area contributed by atoms with Crippen molar-refractivity contribution >= 4 is 27.5 Å². The average Bonchev–Trinajstić information content (AvgIpc) is 2.86. The number of aryl methyl sites for hydroxylation is 2. The molecule has 0 aromatic carbocycles. The van der Waals surface area contributed by atoms with Crippen molar-refractivity contribution in [2.24, 2.45) is 0 Å². The first-order chi connectivity index (χ1) is 10.6. The first-order valence-corrected chi connectivity index (χ1v) is 8.18. The van der Waals surface area contributed by atoms with Gasteiger partial charge >= 0.3 is 5.97 Å². The van der Waals surface area contributed by atoms with Crippen LogP contribution in [0.25, 0.3) is 10.2 Å². The van der Waals surface area contributed by atoms with Gasteiger partial charge in [-0.1, -0.05) is 0 Å². The monoisotopic (exact) mass is 322 g/mol. The zero-order chi connectivity index (χ0) is 15.7. The average molecular weight is 322 g/mol. The SMILES string of the molecule is COCCc1nc2sc3c(c2c(=O)n1CC(=O)O)CCCC3. The number of rotatable bonds is 5. The van der Waals surface area contributed by atoms with Crippen LogP contribution in [0.3, 0.4) is 0 Å². The third-order valence-corrected chi connectivity index (χ3v) is 5.16. The van der Waals surface area contributed by atoms with Gasteiger partial charge in [-0.15, -0.1) is 11.3 Å². The fraction of sp³-hybridized carbons (Fsp3) is 0.533. The van der Waals surface area contributed by atoms with E-state index in [1.54, 1.807) is 18.4 Å². The van der Waals surface area contributed by atoms with Crippen molar-refractivity contribution in [2.45, 2.75) is 38.6 Å². The van der Waals surface area contributed by atoms with Crippen molar-refractivity contribution in [3.8, 4) is 0 Å². The van der Waals surface area contributed by atoms with E-state index in [0.29, 0.717) is 24.2 Å². The van der Waals surface area contributed by atoms with E-state index in [0.717, 1.165) is 36.1 Å². The highest BCUT2D eigenvalue weighted by molar-refractivity contribution is 7.18. The molecule has 2 aromatic heterocycles. The minimum absolute atomic E-state index is 0.224. The Morgan fingerprint density at radius 2 is 2.18 bits per heavy atom. The predicted octanol–water partition coefficient (Wildman–Crippen LogP) is 1.61. The van der Waals surface area contributed by atoms with Crippen molar-refractivity contribution < 1.29 is 14.6 Å². The summed E-state index contributed by atoms with van der Waals surface area (Å²) in [5.41, 5.74) is 0.860. The quantitative estimate of drug-likeness (QED) is 0.904. The van der Waals surface area contributed by atoms with Crippen LogP contribution in [0.1, 0.15) is 29.1 Å². The number of thiophene rings is 1. The molecular weight excluding hydrogens is 304 g/mol. The van der Waals surface area contributed by atoms with Crippen LogP contribution in [0.2, 0.25) is 0 Å². The number of nitrogens with zero attached hydrogens (tertiary/aromatic N) is 2. The zero-order valence-electron chi connectivity index (χ0n) is 12.4. The Labute approximate surface area is 131 Å². The number of aliphatic carboxylic acids is 1. The molecule has 2 aromatic rings. The molecule has 0 fully saturated rings. The molecule has 1 N–H and O–H groups in total. The Bertz CT molecular complexity index is 778. The first kappa shape index (κ1) is 15.2. The van der Waals surface area contributed by atoms with Gasteiger partial charge in [0, 0.05) is 18.4 Å². The third kappa shape index (κ3) is 2.66. The summed E-state index contributed by atoms with van der Waals surface area (Å²) in [7, 11) is 1.57. The molecule has 3 rings (SSSR count). The van der Waals surface area contributed by atoms with Crippen molar-refractivity contribution in [1.29, 1.82) is 0 Å². The fourth-order valence-corrected chi connectivity index (χ4v) is 4.23. The second kappa shape index (κ2) is 6.18. The molecule has 118 valence electrons. The van der Waals surface area contributed by atoms with Gasteiger partial charge in [-0.05, 0) is 31.2 Å². The van der Waals surface area contributed by atoms with Gasteiger partial charge in [-0.25, -0.2) is 4.98 Å².